The zero-order valence-corrected chi connectivity index (χ0v) is 8.36. The number of hydrogen-bond donors (Lipinski definition) is 1. The molecule has 0 amide bonds. The van der Waals surface area contributed by atoms with Crippen LogP contribution in [0.2, 0.25) is 0 Å². The fourth-order valence-electron chi connectivity index (χ4n) is 1.09. The second-order valence-corrected chi connectivity index (χ2v) is 2.75. The molecule has 0 radical (unpaired) electrons. The van der Waals surface area contributed by atoms with Crippen molar-refractivity contribution in [3.63, 3.8) is 0 Å². The lowest BCUT2D eigenvalue weighted by Gasteiger charge is -1.96. The first-order chi connectivity index (χ1) is 7.10. The van der Waals surface area contributed by atoms with Gasteiger partial charge in [0.25, 0.3) is 0 Å². The van der Waals surface area contributed by atoms with E-state index >= 15 is 0 Å². The van der Waals surface area contributed by atoms with Gasteiger partial charge in [0, 0.05) is 6.07 Å². The van der Waals surface area contributed by atoms with Crippen LogP contribution < -0.4 is 4.74 Å². The van der Waals surface area contributed by atoms with Crippen molar-refractivity contribution in [1.29, 1.82) is 0 Å². The highest BCUT2D eigenvalue weighted by Crippen LogP contribution is 2.26. The van der Waals surface area contributed by atoms with Crippen molar-refractivity contribution in [2.75, 3.05) is 6.61 Å². The van der Waals surface area contributed by atoms with Crippen LogP contribution >= 0.6 is 0 Å². The zero-order valence-electron chi connectivity index (χ0n) is 8.36. The number of aliphatic carboxylic acids is 1. The average Bonchev–Trinajstić information content (AvgIpc) is 2.49. The molecule has 1 N–H and O–H groups in total. The summed E-state index contributed by atoms with van der Waals surface area (Å²) in [6.07, 6.45) is 0. The molecule has 80 valence electrons. The molecule has 1 heterocycles. The van der Waals surface area contributed by atoms with Crippen LogP contribution in [0.3, 0.4) is 0 Å². The van der Waals surface area contributed by atoms with Gasteiger partial charge in [0.1, 0.15) is 11.7 Å². The molecule has 0 aliphatic heterocycles. The number of carboxylic acid groups (broad SMARTS) is 1. The van der Waals surface area contributed by atoms with Crippen LogP contribution in [-0.2, 0) is 9.59 Å². The van der Waals surface area contributed by atoms with Gasteiger partial charge in [-0.3, -0.25) is 0 Å². The van der Waals surface area contributed by atoms with E-state index in [0.717, 1.165) is 0 Å². The minimum atomic E-state index is -1.37. The molecule has 0 saturated heterocycles. The van der Waals surface area contributed by atoms with Crippen LogP contribution in [0.4, 0.5) is 0 Å². The molecule has 0 bridgehead atoms. The number of ether oxygens (including phenoxy) is 1. The summed E-state index contributed by atoms with van der Waals surface area (Å²) < 4.78 is 10.2. The number of rotatable bonds is 4. The minimum Gasteiger partial charge on any atom is -0.490 e. The van der Waals surface area contributed by atoms with Crippen LogP contribution in [0.25, 0.3) is 5.57 Å². The van der Waals surface area contributed by atoms with E-state index in [2.05, 4.69) is 0 Å². The van der Waals surface area contributed by atoms with Crippen LogP contribution in [0.15, 0.2) is 10.5 Å². The van der Waals surface area contributed by atoms with E-state index in [1.807, 2.05) is 0 Å². The normalized spacial score (nSPS) is 9.47. The Morgan fingerprint density at radius 2 is 2.33 bits per heavy atom. The lowest BCUT2D eigenvalue weighted by atomic mass is 10.2. The van der Waals surface area contributed by atoms with E-state index in [1.54, 1.807) is 13.8 Å². The smallest absolute Gasteiger partial charge is 0.350 e. The maximum atomic E-state index is 10.6. The molecular formula is C10H10O5. The van der Waals surface area contributed by atoms with Crippen molar-refractivity contribution in [2.45, 2.75) is 13.8 Å². The summed E-state index contributed by atoms with van der Waals surface area (Å²) in [4.78, 5) is 21.0. The zero-order chi connectivity index (χ0) is 11.4. The molecule has 1 rings (SSSR count). The molecular weight excluding hydrogens is 200 g/mol. The Morgan fingerprint density at radius 1 is 1.67 bits per heavy atom. The van der Waals surface area contributed by atoms with Gasteiger partial charge in [0.05, 0.1) is 6.61 Å². The highest BCUT2D eigenvalue weighted by Gasteiger charge is 2.18. The molecule has 0 aromatic carbocycles. The highest BCUT2D eigenvalue weighted by molar-refractivity contribution is 6.23. The lowest BCUT2D eigenvalue weighted by molar-refractivity contribution is -0.130. The third-order valence-corrected chi connectivity index (χ3v) is 1.73. The second kappa shape index (κ2) is 4.48. The van der Waals surface area contributed by atoms with Crippen molar-refractivity contribution in [1.82, 2.24) is 0 Å². The number of furan rings is 1. The molecule has 0 atom stereocenters. The van der Waals surface area contributed by atoms with Gasteiger partial charge in [-0.05, 0) is 13.8 Å². The Labute approximate surface area is 86.0 Å². The SMILES string of the molecule is CCOc1cc(C(=C=O)C(=O)O)oc1C. The molecule has 15 heavy (non-hydrogen) atoms. The molecule has 1 aromatic rings. The minimum absolute atomic E-state index is 0.0431. The third kappa shape index (κ3) is 2.27. The number of hydrogen-bond acceptors (Lipinski definition) is 4. The Balaban J connectivity index is 3.11. The van der Waals surface area contributed by atoms with E-state index in [9.17, 15) is 9.59 Å². The first kappa shape index (κ1) is 11.1. The topological polar surface area (TPSA) is 76.7 Å². The Morgan fingerprint density at radius 3 is 2.80 bits per heavy atom. The predicted octanol–water partition coefficient (Wildman–Crippen LogP) is 1.29. The largest absolute Gasteiger partial charge is 0.490 e. The van der Waals surface area contributed by atoms with Gasteiger partial charge in [-0.15, -0.1) is 0 Å². The standard InChI is InChI=1S/C10H10O5/c1-3-14-8-4-9(15-6(8)2)7(5-11)10(12)13/h4H,3H2,1-2H3,(H,12,13). The van der Waals surface area contributed by atoms with Gasteiger partial charge in [-0.2, -0.15) is 0 Å². The molecule has 0 saturated carbocycles. The number of aryl methyl sites for hydroxylation is 1. The van der Waals surface area contributed by atoms with E-state index in [0.29, 0.717) is 18.1 Å². The quantitative estimate of drug-likeness (QED) is 0.598. The Kier molecular flexibility index (Phi) is 3.31. The fraction of sp³-hybridized carbons (Fsp3) is 0.300. The van der Waals surface area contributed by atoms with Crippen LogP contribution in [0.5, 0.6) is 5.75 Å². The fourth-order valence-corrected chi connectivity index (χ4v) is 1.09. The van der Waals surface area contributed by atoms with Gasteiger partial charge < -0.3 is 14.3 Å². The van der Waals surface area contributed by atoms with Crippen molar-refractivity contribution in [3.05, 3.63) is 17.6 Å². The molecule has 5 nitrogen and oxygen atoms in total. The maximum absolute atomic E-state index is 10.6. The highest BCUT2D eigenvalue weighted by atomic mass is 16.5. The summed E-state index contributed by atoms with van der Waals surface area (Å²) in [5, 5.41) is 8.66. The van der Waals surface area contributed by atoms with Crippen LogP contribution in [0, 0.1) is 6.92 Å². The van der Waals surface area contributed by atoms with Crippen molar-refractivity contribution < 1.29 is 23.8 Å². The summed E-state index contributed by atoms with van der Waals surface area (Å²) in [6.45, 7) is 3.85. The molecule has 0 aliphatic carbocycles. The summed E-state index contributed by atoms with van der Waals surface area (Å²) in [7, 11) is 0. The summed E-state index contributed by atoms with van der Waals surface area (Å²) in [5.74, 6) is 0.765. The summed E-state index contributed by atoms with van der Waals surface area (Å²) in [5.41, 5.74) is -0.538. The lowest BCUT2D eigenvalue weighted by Crippen LogP contribution is -1.98. The van der Waals surface area contributed by atoms with Gasteiger partial charge in [0.2, 0.25) is 0 Å². The summed E-state index contributed by atoms with van der Waals surface area (Å²) in [6, 6.07) is 1.37. The predicted molar refractivity (Wildman–Crippen MR) is 51.4 cm³/mol. The number of carboxylic acids is 1. The molecule has 0 aliphatic rings. The van der Waals surface area contributed by atoms with Crippen molar-refractivity contribution in [2.24, 2.45) is 0 Å². The van der Waals surface area contributed by atoms with Crippen molar-refractivity contribution >= 4 is 17.5 Å². The van der Waals surface area contributed by atoms with Crippen molar-refractivity contribution in [3.8, 4) is 5.75 Å². The molecule has 5 heteroatoms. The second-order valence-electron chi connectivity index (χ2n) is 2.75. The first-order valence-electron chi connectivity index (χ1n) is 4.32. The number of carbonyl (C=O) groups excluding carboxylic acids is 1. The monoisotopic (exact) mass is 210 g/mol. The molecule has 0 fully saturated rings. The van der Waals surface area contributed by atoms with Gasteiger partial charge in [0.15, 0.2) is 17.1 Å². The first-order valence-corrected chi connectivity index (χ1v) is 4.32. The van der Waals surface area contributed by atoms with E-state index < -0.39 is 11.5 Å². The van der Waals surface area contributed by atoms with Crippen LogP contribution in [-0.4, -0.2) is 23.6 Å². The molecule has 1 aromatic heterocycles. The van der Waals surface area contributed by atoms with Gasteiger partial charge in [-0.25, -0.2) is 9.59 Å². The summed E-state index contributed by atoms with van der Waals surface area (Å²) >= 11 is 0. The Bertz CT molecular complexity index is 423. The van der Waals surface area contributed by atoms with E-state index in [1.165, 1.54) is 12.0 Å². The van der Waals surface area contributed by atoms with Gasteiger partial charge >= 0.3 is 5.97 Å². The Hall–Kier alpha value is -2.00. The number of carbonyl (C=O) groups is 1. The average molecular weight is 210 g/mol. The molecule has 0 spiro atoms. The van der Waals surface area contributed by atoms with Crippen LogP contribution in [0.1, 0.15) is 18.4 Å². The molecule has 0 unspecified atom stereocenters. The maximum Gasteiger partial charge on any atom is 0.350 e. The van der Waals surface area contributed by atoms with Gasteiger partial charge in [-0.1, -0.05) is 0 Å². The van der Waals surface area contributed by atoms with E-state index in [4.69, 9.17) is 14.3 Å². The third-order valence-electron chi connectivity index (χ3n) is 1.73. The van der Waals surface area contributed by atoms with E-state index in [-0.39, 0.29) is 5.76 Å².